The molecule has 0 spiro atoms. The lowest BCUT2D eigenvalue weighted by Crippen LogP contribution is -2.37. The molecule has 1 amide bonds. The number of benzene rings is 2. The van der Waals surface area contributed by atoms with Crippen LogP contribution in [0.1, 0.15) is 25.8 Å². The standard InChI is InChI=1S/C20H25NO4/c1-4-19(25-18-11-7-9-16(13-18)23-3)20(22)21-14-15-8-6-10-17(12-15)24-5-2/h6-13,19H,4-5,14H2,1-3H3,(H,21,22)/t19-/m1/s1. The number of rotatable bonds is 9. The van der Waals surface area contributed by atoms with Crippen molar-refractivity contribution in [3.63, 3.8) is 0 Å². The number of carbonyl (C=O) groups is 1. The summed E-state index contributed by atoms with van der Waals surface area (Å²) in [6.45, 7) is 4.90. The number of hydrogen-bond donors (Lipinski definition) is 1. The van der Waals surface area contributed by atoms with Crippen LogP contribution in [0.3, 0.4) is 0 Å². The molecular formula is C20H25NO4. The quantitative estimate of drug-likeness (QED) is 0.756. The molecule has 0 aliphatic rings. The summed E-state index contributed by atoms with van der Waals surface area (Å²) in [6, 6.07) is 14.9. The van der Waals surface area contributed by atoms with Gasteiger partial charge in [-0.2, -0.15) is 0 Å². The van der Waals surface area contributed by atoms with E-state index >= 15 is 0 Å². The first-order chi connectivity index (χ1) is 12.2. The Morgan fingerprint density at radius 1 is 1.04 bits per heavy atom. The minimum atomic E-state index is -0.554. The molecule has 0 aromatic heterocycles. The summed E-state index contributed by atoms with van der Waals surface area (Å²) < 4.78 is 16.4. The lowest BCUT2D eigenvalue weighted by molar-refractivity contribution is -0.128. The van der Waals surface area contributed by atoms with Gasteiger partial charge in [0.2, 0.25) is 0 Å². The van der Waals surface area contributed by atoms with Crippen molar-refractivity contribution < 1.29 is 19.0 Å². The minimum absolute atomic E-state index is 0.146. The second-order valence-corrected chi connectivity index (χ2v) is 5.49. The van der Waals surface area contributed by atoms with Crippen LogP contribution in [-0.4, -0.2) is 25.7 Å². The average molecular weight is 343 g/mol. The van der Waals surface area contributed by atoms with Crippen LogP contribution < -0.4 is 19.5 Å². The molecule has 134 valence electrons. The van der Waals surface area contributed by atoms with Gasteiger partial charge >= 0.3 is 0 Å². The van der Waals surface area contributed by atoms with Crippen LogP contribution in [0.25, 0.3) is 0 Å². The van der Waals surface area contributed by atoms with Crippen LogP contribution in [0.4, 0.5) is 0 Å². The second-order valence-electron chi connectivity index (χ2n) is 5.49. The maximum atomic E-state index is 12.4. The van der Waals surface area contributed by atoms with Crippen molar-refractivity contribution in [3.05, 3.63) is 54.1 Å². The first-order valence-corrected chi connectivity index (χ1v) is 8.46. The van der Waals surface area contributed by atoms with Crippen molar-refractivity contribution in [1.29, 1.82) is 0 Å². The Kier molecular flexibility index (Phi) is 7.14. The van der Waals surface area contributed by atoms with Gasteiger partial charge in [-0.3, -0.25) is 4.79 Å². The molecule has 0 saturated carbocycles. The van der Waals surface area contributed by atoms with Crippen molar-refractivity contribution in [2.75, 3.05) is 13.7 Å². The van der Waals surface area contributed by atoms with Crippen molar-refractivity contribution in [2.24, 2.45) is 0 Å². The molecule has 1 atom stereocenters. The van der Waals surface area contributed by atoms with Crippen molar-refractivity contribution in [1.82, 2.24) is 5.32 Å². The highest BCUT2D eigenvalue weighted by Crippen LogP contribution is 2.21. The van der Waals surface area contributed by atoms with E-state index in [1.165, 1.54) is 0 Å². The first kappa shape index (κ1) is 18.6. The highest BCUT2D eigenvalue weighted by Gasteiger charge is 2.18. The molecule has 2 aromatic carbocycles. The Morgan fingerprint density at radius 3 is 2.48 bits per heavy atom. The van der Waals surface area contributed by atoms with E-state index in [0.29, 0.717) is 31.1 Å². The van der Waals surface area contributed by atoms with E-state index in [1.807, 2.05) is 56.3 Å². The molecule has 0 aliphatic heterocycles. The number of amides is 1. The third kappa shape index (κ3) is 5.71. The zero-order valence-corrected chi connectivity index (χ0v) is 15.0. The van der Waals surface area contributed by atoms with Crippen LogP contribution in [0.5, 0.6) is 17.2 Å². The van der Waals surface area contributed by atoms with E-state index in [0.717, 1.165) is 11.3 Å². The molecule has 2 aromatic rings. The lowest BCUT2D eigenvalue weighted by Gasteiger charge is -2.18. The molecule has 0 unspecified atom stereocenters. The fourth-order valence-electron chi connectivity index (χ4n) is 2.38. The van der Waals surface area contributed by atoms with Crippen LogP contribution in [-0.2, 0) is 11.3 Å². The Morgan fingerprint density at radius 2 is 1.76 bits per heavy atom. The summed E-state index contributed by atoms with van der Waals surface area (Å²) in [6.07, 6.45) is 0.0179. The Labute approximate surface area is 148 Å². The maximum absolute atomic E-state index is 12.4. The molecule has 0 bridgehead atoms. The third-order valence-electron chi connectivity index (χ3n) is 3.66. The molecule has 0 radical (unpaired) electrons. The van der Waals surface area contributed by atoms with E-state index in [-0.39, 0.29) is 5.91 Å². The molecule has 1 N–H and O–H groups in total. The van der Waals surface area contributed by atoms with Crippen LogP contribution in [0, 0.1) is 0 Å². The van der Waals surface area contributed by atoms with Gasteiger partial charge in [-0.1, -0.05) is 25.1 Å². The van der Waals surface area contributed by atoms with Gasteiger partial charge < -0.3 is 19.5 Å². The molecule has 0 heterocycles. The number of ether oxygens (including phenoxy) is 3. The van der Waals surface area contributed by atoms with Crippen LogP contribution in [0.2, 0.25) is 0 Å². The molecule has 5 heteroatoms. The predicted molar refractivity (Wildman–Crippen MR) is 97.2 cm³/mol. The number of methoxy groups -OCH3 is 1. The van der Waals surface area contributed by atoms with Gasteiger partial charge in [-0.15, -0.1) is 0 Å². The van der Waals surface area contributed by atoms with Gasteiger partial charge in [-0.05, 0) is 43.2 Å². The Balaban J connectivity index is 1.94. The molecule has 2 rings (SSSR count). The van der Waals surface area contributed by atoms with Crippen molar-refractivity contribution in [2.45, 2.75) is 32.9 Å². The predicted octanol–water partition coefficient (Wildman–Crippen LogP) is 3.57. The second kappa shape index (κ2) is 9.57. The van der Waals surface area contributed by atoms with Gasteiger partial charge in [0.15, 0.2) is 6.10 Å². The first-order valence-electron chi connectivity index (χ1n) is 8.46. The highest BCUT2D eigenvalue weighted by atomic mass is 16.5. The van der Waals surface area contributed by atoms with E-state index < -0.39 is 6.10 Å². The van der Waals surface area contributed by atoms with Gasteiger partial charge in [-0.25, -0.2) is 0 Å². The number of carbonyl (C=O) groups excluding carboxylic acids is 1. The van der Waals surface area contributed by atoms with Gasteiger partial charge in [0, 0.05) is 12.6 Å². The van der Waals surface area contributed by atoms with Crippen molar-refractivity contribution in [3.8, 4) is 17.2 Å². The molecular weight excluding hydrogens is 318 g/mol. The maximum Gasteiger partial charge on any atom is 0.261 e. The fourth-order valence-corrected chi connectivity index (χ4v) is 2.38. The smallest absolute Gasteiger partial charge is 0.261 e. The zero-order valence-electron chi connectivity index (χ0n) is 15.0. The highest BCUT2D eigenvalue weighted by molar-refractivity contribution is 5.81. The minimum Gasteiger partial charge on any atom is -0.497 e. The molecule has 0 aliphatic carbocycles. The van der Waals surface area contributed by atoms with E-state index in [2.05, 4.69) is 5.32 Å². The molecule has 0 fully saturated rings. The average Bonchev–Trinajstić information content (AvgIpc) is 2.65. The third-order valence-corrected chi connectivity index (χ3v) is 3.66. The molecule has 0 saturated heterocycles. The number of nitrogens with one attached hydrogen (secondary N) is 1. The Bertz CT molecular complexity index is 687. The van der Waals surface area contributed by atoms with E-state index in [4.69, 9.17) is 14.2 Å². The fraction of sp³-hybridized carbons (Fsp3) is 0.350. The van der Waals surface area contributed by atoms with Gasteiger partial charge in [0.05, 0.1) is 13.7 Å². The van der Waals surface area contributed by atoms with Gasteiger partial charge in [0.25, 0.3) is 5.91 Å². The summed E-state index contributed by atoms with van der Waals surface area (Å²) in [7, 11) is 1.60. The summed E-state index contributed by atoms with van der Waals surface area (Å²) >= 11 is 0. The molecule has 5 nitrogen and oxygen atoms in total. The summed E-state index contributed by atoms with van der Waals surface area (Å²) in [5.74, 6) is 1.96. The normalized spacial score (nSPS) is 11.5. The van der Waals surface area contributed by atoms with E-state index in [1.54, 1.807) is 13.2 Å². The monoisotopic (exact) mass is 343 g/mol. The van der Waals surface area contributed by atoms with Gasteiger partial charge in [0.1, 0.15) is 17.2 Å². The van der Waals surface area contributed by atoms with Crippen molar-refractivity contribution >= 4 is 5.91 Å². The molecule has 25 heavy (non-hydrogen) atoms. The SMILES string of the molecule is CCOc1cccc(CNC(=O)[C@@H](CC)Oc2cccc(OC)c2)c1. The van der Waals surface area contributed by atoms with Crippen LogP contribution in [0.15, 0.2) is 48.5 Å². The largest absolute Gasteiger partial charge is 0.497 e. The lowest BCUT2D eigenvalue weighted by atomic mass is 10.2. The summed E-state index contributed by atoms with van der Waals surface area (Å²) in [4.78, 5) is 12.4. The zero-order chi connectivity index (χ0) is 18.1. The number of hydrogen-bond acceptors (Lipinski definition) is 4. The topological polar surface area (TPSA) is 56.8 Å². The van der Waals surface area contributed by atoms with Crippen LogP contribution >= 0.6 is 0 Å². The van der Waals surface area contributed by atoms with E-state index in [9.17, 15) is 4.79 Å². The summed E-state index contributed by atoms with van der Waals surface area (Å²) in [5, 5.41) is 2.92. The Hall–Kier alpha value is -2.69. The summed E-state index contributed by atoms with van der Waals surface area (Å²) in [5.41, 5.74) is 0.982.